The predicted molar refractivity (Wildman–Crippen MR) is 95.9 cm³/mol. The molecular weight excluding hydrogens is 374 g/mol. The van der Waals surface area contributed by atoms with Crippen LogP contribution < -0.4 is 5.32 Å². The number of rotatable bonds is 3. The number of sulfone groups is 1. The highest BCUT2D eigenvalue weighted by Crippen LogP contribution is 2.32. The van der Waals surface area contributed by atoms with Gasteiger partial charge in [-0.05, 0) is 35.7 Å². The summed E-state index contributed by atoms with van der Waals surface area (Å²) in [5, 5.41) is 3.21. The summed E-state index contributed by atoms with van der Waals surface area (Å²) in [5.74, 6) is 0.0395. The van der Waals surface area contributed by atoms with Crippen LogP contribution in [0.4, 0.5) is 0 Å². The Morgan fingerprint density at radius 3 is 2.85 bits per heavy atom. The molecule has 1 saturated heterocycles. The minimum absolute atomic E-state index is 0.0255. The highest BCUT2D eigenvalue weighted by Gasteiger charge is 2.36. The number of hydrogen-bond donors (Lipinski definition) is 1. The van der Waals surface area contributed by atoms with Crippen molar-refractivity contribution >= 4 is 19.9 Å². The van der Waals surface area contributed by atoms with Gasteiger partial charge in [-0.3, -0.25) is 4.98 Å². The molecule has 26 heavy (non-hydrogen) atoms. The molecule has 0 radical (unpaired) electrons. The van der Waals surface area contributed by atoms with E-state index in [9.17, 15) is 16.8 Å². The van der Waals surface area contributed by atoms with E-state index in [-0.39, 0.29) is 21.6 Å². The van der Waals surface area contributed by atoms with Crippen molar-refractivity contribution in [1.82, 2.24) is 14.6 Å². The van der Waals surface area contributed by atoms with Crippen LogP contribution in [0, 0.1) is 0 Å². The minimum Gasteiger partial charge on any atom is -0.313 e. The standard InChI is InChI=1S/C17H19N3O4S2/c21-25(22)9-5-13-3-4-15(10-17(13)25)26(23,24)20-8-7-19-12-16(20)14-2-1-6-18-11-14/h1-4,6,10-11,16,19H,5,7-9,12H2. The second-order valence-electron chi connectivity index (χ2n) is 6.46. The summed E-state index contributed by atoms with van der Waals surface area (Å²) < 4.78 is 52.3. The topological polar surface area (TPSA) is 96.4 Å². The number of fused-ring (bicyclic) bond motifs is 1. The van der Waals surface area contributed by atoms with Crippen molar-refractivity contribution < 1.29 is 16.8 Å². The Labute approximate surface area is 153 Å². The summed E-state index contributed by atoms with van der Waals surface area (Å²) in [5.41, 5.74) is 1.49. The third-order valence-electron chi connectivity index (χ3n) is 4.88. The Kier molecular flexibility index (Phi) is 4.34. The first kappa shape index (κ1) is 17.6. The summed E-state index contributed by atoms with van der Waals surface area (Å²) in [4.78, 5) is 4.26. The van der Waals surface area contributed by atoms with E-state index in [1.165, 1.54) is 16.4 Å². The summed E-state index contributed by atoms with van der Waals surface area (Å²) in [6, 6.07) is 7.69. The molecule has 7 nitrogen and oxygen atoms in total. The molecule has 9 heteroatoms. The van der Waals surface area contributed by atoms with E-state index >= 15 is 0 Å². The van der Waals surface area contributed by atoms with Crippen molar-refractivity contribution in [1.29, 1.82) is 0 Å². The molecule has 0 saturated carbocycles. The van der Waals surface area contributed by atoms with Crippen LogP contribution in [0.1, 0.15) is 17.2 Å². The van der Waals surface area contributed by atoms with Gasteiger partial charge >= 0.3 is 0 Å². The fourth-order valence-electron chi connectivity index (χ4n) is 3.51. The number of aryl methyl sites for hydroxylation is 1. The lowest BCUT2D eigenvalue weighted by atomic mass is 10.1. The molecular formula is C17H19N3O4S2. The molecule has 0 aliphatic carbocycles. The Morgan fingerprint density at radius 2 is 2.08 bits per heavy atom. The normalized spacial score (nSPS) is 22.8. The molecule has 3 heterocycles. The first-order valence-corrected chi connectivity index (χ1v) is 11.5. The van der Waals surface area contributed by atoms with E-state index in [1.807, 2.05) is 6.07 Å². The smallest absolute Gasteiger partial charge is 0.243 e. The van der Waals surface area contributed by atoms with E-state index < -0.39 is 19.9 Å². The molecule has 0 spiro atoms. The molecule has 0 bridgehead atoms. The van der Waals surface area contributed by atoms with Gasteiger partial charge in [-0.25, -0.2) is 16.8 Å². The van der Waals surface area contributed by atoms with Crippen molar-refractivity contribution in [3.05, 3.63) is 53.9 Å². The fourth-order valence-corrected chi connectivity index (χ4v) is 6.81. The number of aromatic nitrogens is 1. The number of sulfonamides is 1. The predicted octanol–water partition coefficient (Wildman–Crippen LogP) is 0.747. The van der Waals surface area contributed by atoms with Gasteiger partial charge in [-0.1, -0.05) is 12.1 Å². The average Bonchev–Trinajstić information content (AvgIpc) is 2.97. The molecule has 1 atom stereocenters. The number of pyridine rings is 1. The summed E-state index contributed by atoms with van der Waals surface area (Å²) in [6.07, 6.45) is 3.74. The zero-order valence-corrected chi connectivity index (χ0v) is 15.6. The average molecular weight is 393 g/mol. The van der Waals surface area contributed by atoms with Crippen LogP contribution in [0.2, 0.25) is 0 Å². The van der Waals surface area contributed by atoms with E-state index in [4.69, 9.17) is 0 Å². The number of benzene rings is 1. The number of hydrogen-bond acceptors (Lipinski definition) is 6. The zero-order valence-electron chi connectivity index (χ0n) is 14.0. The minimum atomic E-state index is -3.83. The Bertz CT molecular complexity index is 1040. The molecule has 1 N–H and O–H groups in total. The summed E-state index contributed by atoms with van der Waals surface area (Å²) in [6.45, 7) is 1.33. The van der Waals surface area contributed by atoms with Crippen molar-refractivity contribution in [3.63, 3.8) is 0 Å². The van der Waals surface area contributed by atoms with Gasteiger partial charge in [0.25, 0.3) is 0 Å². The zero-order chi connectivity index (χ0) is 18.4. The molecule has 1 fully saturated rings. The lowest BCUT2D eigenvalue weighted by Crippen LogP contribution is -2.48. The van der Waals surface area contributed by atoms with E-state index in [0.29, 0.717) is 31.6 Å². The van der Waals surface area contributed by atoms with Crippen molar-refractivity contribution in [2.24, 2.45) is 0 Å². The van der Waals surface area contributed by atoms with Gasteiger partial charge in [0.1, 0.15) is 0 Å². The Balaban J connectivity index is 1.76. The van der Waals surface area contributed by atoms with E-state index in [0.717, 1.165) is 5.56 Å². The van der Waals surface area contributed by atoms with Crippen LogP contribution in [-0.2, 0) is 26.3 Å². The molecule has 2 aliphatic heterocycles. The molecule has 138 valence electrons. The van der Waals surface area contributed by atoms with Gasteiger partial charge in [-0.2, -0.15) is 4.31 Å². The maximum atomic E-state index is 13.3. The van der Waals surface area contributed by atoms with Gasteiger partial charge < -0.3 is 5.32 Å². The van der Waals surface area contributed by atoms with E-state index in [2.05, 4.69) is 10.3 Å². The van der Waals surface area contributed by atoms with Crippen LogP contribution >= 0.6 is 0 Å². The molecule has 1 aromatic carbocycles. The summed E-state index contributed by atoms with van der Waals surface area (Å²) >= 11 is 0. The van der Waals surface area contributed by atoms with Crippen molar-refractivity contribution in [2.75, 3.05) is 25.4 Å². The Morgan fingerprint density at radius 1 is 1.23 bits per heavy atom. The second kappa shape index (κ2) is 6.41. The molecule has 1 aromatic heterocycles. The van der Waals surface area contributed by atoms with Gasteiger partial charge in [0.2, 0.25) is 10.0 Å². The Hall–Kier alpha value is -1.81. The summed E-state index contributed by atoms with van der Waals surface area (Å²) in [7, 11) is -7.22. The highest BCUT2D eigenvalue weighted by molar-refractivity contribution is 7.92. The van der Waals surface area contributed by atoms with Crippen LogP contribution in [0.3, 0.4) is 0 Å². The first-order valence-electron chi connectivity index (χ1n) is 8.38. The second-order valence-corrected chi connectivity index (χ2v) is 10.4. The maximum Gasteiger partial charge on any atom is 0.243 e. The largest absolute Gasteiger partial charge is 0.313 e. The van der Waals surface area contributed by atoms with Gasteiger partial charge in [0.15, 0.2) is 9.84 Å². The van der Waals surface area contributed by atoms with Gasteiger partial charge in [0, 0.05) is 32.0 Å². The SMILES string of the molecule is O=S1(=O)CCc2ccc(S(=O)(=O)N3CCNCC3c3cccnc3)cc21. The van der Waals surface area contributed by atoms with Gasteiger partial charge in [-0.15, -0.1) is 0 Å². The van der Waals surface area contributed by atoms with Crippen LogP contribution in [-0.4, -0.2) is 51.5 Å². The number of nitrogens with zero attached hydrogens (tertiary/aromatic N) is 2. The van der Waals surface area contributed by atoms with Crippen molar-refractivity contribution in [2.45, 2.75) is 22.3 Å². The van der Waals surface area contributed by atoms with Crippen molar-refractivity contribution in [3.8, 4) is 0 Å². The lowest BCUT2D eigenvalue weighted by molar-refractivity contribution is 0.271. The fraction of sp³-hybridized carbons (Fsp3) is 0.353. The molecule has 2 aliphatic rings. The van der Waals surface area contributed by atoms with E-state index in [1.54, 1.807) is 24.5 Å². The lowest BCUT2D eigenvalue weighted by Gasteiger charge is -2.35. The van der Waals surface area contributed by atoms with Crippen LogP contribution in [0.5, 0.6) is 0 Å². The van der Waals surface area contributed by atoms with Crippen LogP contribution in [0.15, 0.2) is 52.5 Å². The third-order valence-corrected chi connectivity index (χ3v) is 8.58. The molecule has 2 aromatic rings. The van der Waals surface area contributed by atoms with Crippen LogP contribution in [0.25, 0.3) is 0 Å². The molecule has 4 rings (SSSR count). The number of piperazine rings is 1. The van der Waals surface area contributed by atoms with Gasteiger partial charge in [0.05, 0.1) is 21.6 Å². The highest BCUT2D eigenvalue weighted by atomic mass is 32.2. The molecule has 1 unspecified atom stereocenters. The first-order chi connectivity index (χ1) is 12.4. The quantitative estimate of drug-likeness (QED) is 0.827. The maximum absolute atomic E-state index is 13.3. The third kappa shape index (κ3) is 2.94. The number of nitrogens with one attached hydrogen (secondary N) is 1. The monoisotopic (exact) mass is 393 g/mol. The molecule has 0 amide bonds.